The molecule has 2 heteroatoms. The fraction of sp³-hybridized carbons (Fsp3) is 0.700. The lowest BCUT2D eigenvalue weighted by atomic mass is 10.1. The second-order valence-corrected chi connectivity index (χ2v) is 3.31. The Kier molecular flexibility index (Phi) is 2.90. The van der Waals surface area contributed by atoms with Gasteiger partial charge in [-0.15, -0.1) is 0 Å². The topological polar surface area (TPSA) is 20.3 Å². The van der Waals surface area contributed by atoms with Crippen LogP contribution in [-0.4, -0.2) is 23.8 Å². The molecule has 0 heterocycles. The standard InChI is InChI=1S/C10H17NO/c1-4-11(5-2)10-7-9(12)6-8(10)3/h7-8H,4-6H2,1-3H3. The maximum Gasteiger partial charge on any atom is 0.158 e. The van der Waals surface area contributed by atoms with Gasteiger partial charge in [-0.25, -0.2) is 0 Å². The minimum atomic E-state index is 0.282. The van der Waals surface area contributed by atoms with E-state index in [9.17, 15) is 4.79 Å². The monoisotopic (exact) mass is 167 g/mol. The lowest BCUT2D eigenvalue weighted by molar-refractivity contribution is -0.114. The van der Waals surface area contributed by atoms with Crippen LogP contribution < -0.4 is 0 Å². The van der Waals surface area contributed by atoms with Crippen LogP contribution in [0.1, 0.15) is 27.2 Å². The molecule has 1 atom stereocenters. The molecule has 0 N–H and O–H groups in total. The third-order valence-electron chi connectivity index (χ3n) is 2.45. The lowest BCUT2D eigenvalue weighted by Gasteiger charge is -2.25. The van der Waals surface area contributed by atoms with Crippen LogP contribution >= 0.6 is 0 Å². The SMILES string of the molecule is CCN(CC)C1=CC(=O)CC1C. The van der Waals surface area contributed by atoms with Crippen molar-refractivity contribution in [2.75, 3.05) is 13.1 Å². The van der Waals surface area contributed by atoms with E-state index < -0.39 is 0 Å². The molecule has 0 saturated heterocycles. The van der Waals surface area contributed by atoms with Crippen molar-refractivity contribution >= 4 is 5.78 Å². The largest absolute Gasteiger partial charge is 0.375 e. The van der Waals surface area contributed by atoms with Crippen molar-refractivity contribution in [3.8, 4) is 0 Å². The summed E-state index contributed by atoms with van der Waals surface area (Å²) in [6.45, 7) is 8.37. The van der Waals surface area contributed by atoms with E-state index in [1.54, 1.807) is 6.08 Å². The number of carbonyl (C=O) groups is 1. The number of hydrogen-bond donors (Lipinski definition) is 0. The highest BCUT2D eigenvalue weighted by molar-refractivity contribution is 5.93. The molecule has 0 fully saturated rings. The summed E-state index contributed by atoms with van der Waals surface area (Å²) in [5.41, 5.74) is 1.23. The van der Waals surface area contributed by atoms with Gasteiger partial charge in [0.1, 0.15) is 0 Å². The molecule has 0 radical (unpaired) electrons. The third-order valence-corrected chi connectivity index (χ3v) is 2.45. The molecule has 0 spiro atoms. The van der Waals surface area contributed by atoms with Crippen molar-refractivity contribution in [2.24, 2.45) is 5.92 Å². The van der Waals surface area contributed by atoms with Crippen LogP contribution in [0.15, 0.2) is 11.8 Å². The summed E-state index contributed by atoms with van der Waals surface area (Å²) in [5, 5.41) is 0. The maximum atomic E-state index is 11.1. The Labute approximate surface area is 74.2 Å². The average Bonchev–Trinajstić information content (AvgIpc) is 2.34. The van der Waals surface area contributed by atoms with E-state index in [1.807, 2.05) is 0 Å². The van der Waals surface area contributed by atoms with Gasteiger partial charge in [-0.1, -0.05) is 6.92 Å². The predicted molar refractivity (Wildman–Crippen MR) is 49.8 cm³/mol. The van der Waals surface area contributed by atoms with Crippen molar-refractivity contribution in [3.63, 3.8) is 0 Å². The molecule has 0 aliphatic heterocycles. The zero-order valence-electron chi connectivity index (χ0n) is 8.13. The zero-order chi connectivity index (χ0) is 9.14. The number of rotatable bonds is 3. The first kappa shape index (κ1) is 9.30. The van der Waals surface area contributed by atoms with Gasteiger partial charge in [0.15, 0.2) is 5.78 Å². The fourth-order valence-corrected chi connectivity index (χ4v) is 1.76. The number of carbonyl (C=O) groups excluding carboxylic acids is 1. The van der Waals surface area contributed by atoms with E-state index in [2.05, 4.69) is 25.7 Å². The van der Waals surface area contributed by atoms with E-state index in [4.69, 9.17) is 0 Å². The van der Waals surface area contributed by atoms with Crippen LogP contribution in [-0.2, 0) is 4.79 Å². The van der Waals surface area contributed by atoms with Crippen LogP contribution in [0.4, 0.5) is 0 Å². The van der Waals surface area contributed by atoms with Gasteiger partial charge in [0.25, 0.3) is 0 Å². The van der Waals surface area contributed by atoms with Crippen molar-refractivity contribution in [1.29, 1.82) is 0 Å². The first-order valence-corrected chi connectivity index (χ1v) is 4.68. The molecular weight excluding hydrogens is 150 g/mol. The fourth-order valence-electron chi connectivity index (χ4n) is 1.76. The van der Waals surface area contributed by atoms with Crippen LogP contribution in [0, 0.1) is 5.92 Å². The second-order valence-electron chi connectivity index (χ2n) is 3.31. The van der Waals surface area contributed by atoms with Gasteiger partial charge in [-0.3, -0.25) is 4.79 Å². The maximum absolute atomic E-state index is 11.1. The van der Waals surface area contributed by atoms with E-state index in [0.29, 0.717) is 12.3 Å². The number of allylic oxidation sites excluding steroid dienone is 2. The van der Waals surface area contributed by atoms with Gasteiger partial charge in [-0.05, 0) is 13.8 Å². The quantitative estimate of drug-likeness (QED) is 0.639. The lowest BCUT2D eigenvalue weighted by Crippen LogP contribution is -2.24. The molecule has 0 saturated carbocycles. The Balaban J connectivity index is 2.72. The molecule has 2 nitrogen and oxygen atoms in total. The smallest absolute Gasteiger partial charge is 0.158 e. The highest BCUT2D eigenvalue weighted by atomic mass is 16.1. The van der Waals surface area contributed by atoms with Gasteiger partial charge in [0.05, 0.1) is 0 Å². The summed E-state index contributed by atoms with van der Waals surface area (Å²) in [4.78, 5) is 13.4. The highest BCUT2D eigenvalue weighted by Gasteiger charge is 2.23. The molecule has 0 aromatic carbocycles. The molecule has 1 rings (SSSR count). The number of ketones is 1. The molecular formula is C10H17NO. The summed E-state index contributed by atoms with van der Waals surface area (Å²) in [6.07, 6.45) is 2.50. The number of nitrogens with zero attached hydrogens (tertiary/aromatic N) is 1. The van der Waals surface area contributed by atoms with Crippen molar-refractivity contribution in [2.45, 2.75) is 27.2 Å². The van der Waals surface area contributed by atoms with Crippen LogP contribution in [0.3, 0.4) is 0 Å². The van der Waals surface area contributed by atoms with E-state index in [1.165, 1.54) is 5.70 Å². The molecule has 0 aromatic heterocycles. The first-order valence-electron chi connectivity index (χ1n) is 4.68. The van der Waals surface area contributed by atoms with Crippen molar-refractivity contribution < 1.29 is 4.79 Å². The molecule has 1 aliphatic carbocycles. The first-order chi connectivity index (χ1) is 5.69. The summed E-state index contributed by atoms with van der Waals surface area (Å²) < 4.78 is 0. The van der Waals surface area contributed by atoms with Crippen LogP contribution in [0.25, 0.3) is 0 Å². The summed E-state index contributed by atoms with van der Waals surface area (Å²) >= 11 is 0. The minimum absolute atomic E-state index is 0.282. The van der Waals surface area contributed by atoms with Crippen molar-refractivity contribution in [3.05, 3.63) is 11.8 Å². The average molecular weight is 167 g/mol. The van der Waals surface area contributed by atoms with Crippen LogP contribution in [0.2, 0.25) is 0 Å². The van der Waals surface area contributed by atoms with Gasteiger partial charge in [0.2, 0.25) is 0 Å². The minimum Gasteiger partial charge on any atom is -0.375 e. The van der Waals surface area contributed by atoms with E-state index in [-0.39, 0.29) is 5.78 Å². The third kappa shape index (κ3) is 1.68. The Morgan fingerprint density at radius 1 is 1.50 bits per heavy atom. The van der Waals surface area contributed by atoms with Gasteiger partial charge in [0, 0.05) is 37.2 Å². The van der Waals surface area contributed by atoms with Crippen LogP contribution in [0.5, 0.6) is 0 Å². The van der Waals surface area contributed by atoms with Gasteiger partial charge >= 0.3 is 0 Å². The predicted octanol–water partition coefficient (Wildman–Crippen LogP) is 1.82. The van der Waals surface area contributed by atoms with E-state index >= 15 is 0 Å². The van der Waals surface area contributed by atoms with Crippen molar-refractivity contribution in [1.82, 2.24) is 4.90 Å². The van der Waals surface area contributed by atoms with Gasteiger partial charge < -0.3 is 4.90 Å². The van der Waals surface area contributed by atoms with Gasteiger partial charge in [-0.2, -0.15) is 0 Å². The molecule has 1 unspecified atom stereocenters. The summed E-state index contributed by atoms with van der Waals surface area (Å²) in [7, 11) is 0. The molecule has 0 amide bonds. The molecule has 0 bridgehead atoms. The normalized spacial score (nSPS) is 22.8. The summed E-state index contributed by atoms with van der Waals surface area (Å²) in [5.74, 6) is 0.710. The Morgan fingerprint density at radius 2 is 2.08 bits per heavy atom. The molecule has 0 aromatic rings. The second kappa shape index (κ2) is 3.74. The van der Waals surface area contributed by atoms with E-state index in [0.717, 1.165) is 13.1 Å². The molecule has 68 valence electrons. The zero-order valence-corrected chi connectivity index (χ0v) is 8.13. The Morgan fingerprint density at radius 3 is 2.42 bits per heavy atom. The Bertz CT molecular complexity index is 204. The molecule has 12 heavy (non-hydrogen) atoms. The Hall–Kier alpha value is -0.790. The highest BCUT2D eigenvalue weighted by Crippen LogP contribution is 2.25. The summed E-state index contributed by atoms with van der Waals surface area (Å²) in [6, 6.07) is 0. The molecule has 1 aliphatic rings. The number of hydrogen-bond acceptors (Lipinski definition) is 2.